The maximum absolute atomic E-state index is 5.70. The maximum Gasteiger partial charge on any atom is 0.317 e. The fourth-order valence-electron chi connectivity index (χ4n) is 2.95. The second-order valence-corrected chi connectivity index (χ2v) is 7.49. The van der Waals surface area contributed by atoms with E-state index in [9.17, 15) is 0 Å². The van der Waals surface area contributed by atoms with Gasteiger partial charge in [-0.3, -0.25) is 0 Å². The third-order valence-corrected chi connectivity index (χ3v) is 5.03. The van der Waals surface area contributed by atoms with Crippen molar-refractivity contribution < 1.29 is 14.2 Å². The summed E-state index contributed by atoms with van der Waals surface area (Å²) in [6, 6.07) is 10.4. The van der Waals surface area contributed by atoms with Gasteiger partial charge in [-0.1, -0.05) is 50.6 Å². The highest BCUT2D eigenvalue weighted by molar-refractivity contribution is 5.65. The van der Waals surface area contributed by atoms with Gasteiger partial charge >= 0.3 is 6.01 Å². The topological polar surface area (TPSA) is 53.5 Å². The van der Waals surface area contributed by atoms with E-state index >= 15 is 0 Å². The predicted molar refractivity (Wildman–Crippen MR) is 117 cm³/mol. The molecule has 5 nitrogen and oxygen atoms in total. The number of nitrogens with zero attached hydrogens (tertiary/aromatic N) is 2. The lowest BCUT2D eigenvalue weighted by molar-refractivity contribution is 0.0285. The van der Waals surface area contributed by atoms with Crippen molar-refractivity contribution in [3.8, 4) is 23.0 Å². The zero-order valence-corrected chi connectivity index (χ0v) is 18.4. The first kappa shape index (κ1) is 23.1. The Kier molecular flexibility index (Phi) is 10.5. The van der Waals surface area contributed by atoms with Gasteiger partial charge in [0.25, 0.3) is 0 Å². The van der Waals surface area contributed by atoms with Gasteiger partial charge in [0, 0.05) is 12.2 Å². The van der Waals surface area contributed by atoms with Crippen LogP contribution in [0.1, 0.15) is 59.8 Å². The van der Waals surface area contributed by atoms with Crippen molar-refractivity contribution in [1.29, 1.82) is 0 Å². The number of rotatable bonds is 8. The van der Waals surface area contributed by atoms with Gasteiger partial charge in [-0.25, -0.2) is 0 Å². The molecule has 1 aliphatic heterocycles. The number of hydrogen-bond acceptors (Lipinski definition) is 5. The Morgan fingerprint density at radius 1 is 1.14 bits per heavy atom. The van der Waals surface area contributed by atoms with Crippen LogP contribution in [0.25, 0.3) is 11.3 Å². The van der Waals surface area contributed by atoms with Crippen LogP contribution in [0.15, 0.2) is 36.5 Å². The highest BCUT2D eigenvalue weighted by Crippen LogP contribution is 2.28. The van der Waals surface area contributed by atoms with Crippen molar-refractivity contribution in [2.24, 2.45) is 5.92 Å². The van der Waals surface area contributed by atoms with Crippen molar-refractivity contribution in [2.45, 2.75) is 65.9 Å². The van der Waals surface area contributed by atoms with E-state index in [0.717, 1.165) is 30.7 Å². The Morgan fingerprint density at radius 3 is 2.52 bits per heavy atom. The van der Waals surface area contributed by atoms with E-state index in [1.807, 2.05) is 37.3 Å². The Morgan fingerprint density at radius 2 is 1.93 bits per heavy atom. The quantitative estimate of drug-likeness (QED) is 0.549. The molecule has 0 amide bonds. The first-order valence-corrected chi connectivity index (χ1v) is 10.9. The van der Waals surface area contributed by atoms with Crippen LogP contribution in [0, 0.1) is 5.92 Å². The molecule has 1 saturated heterocycles. The van der Waals surface area contributed by atoms with E-state index in [-0.39, 0.29) is 0 Å². The summed E-state index contributed by atoms with van der Waals surface area (Å²) in [6.45, 7) is 10.7. The summed E-state index contributed by atoms with van der Waals surface area (Å²) in [7, 11) is 0. The first-order chi connectivity index (χ1) is 14.1. The van der Waals surface area contributed by atoms with Gasteiger partial charge in [0.05, 0.1) is 25.5 Å². The summed E-state index contributed by atoms with van der Waals surface area (Å²) in [5.74, 6) is 1.33. The SMILES string of the molecule is CC1CCCCO1.CCOc1cnc(OCCC(C)CC)nc1-c1ccccc1. The molecule has 2 aromatic rings. The Bertz CT molecular complexity index is 688. The average Bonchev–Trinajstić information content (AvgIpc) is 2.76. The van der Waals surface area contributed by atoms with Crippen molar-refractivity contribution in [2.75, 3.05) is 19.8 Å². The monoisotopic (exact) mass is 400 g/mol. The van der Waals surface area contributed by atoms with Gasteiger partial charge in [-0.15, -0.1) is 0 Å². The lowest BCUT2D eigenvalue weighted by Gasteiger charge is -2.17. The Hall–Kier alpha value is -2.14. The predicted octanol–water partition coefficient (Wildman–Crippen LogP) is 5.93. The molecule has 0 aliphatic carbocycles. The maximum atomic E-state index is 5.70. The zero-order chi connectivity index (χ0) is 20.9. The van der Waals surface area contributed by atoms with E-state index < -0.39 is 0 Å². The standard InChI is InChI=1S/C18H24N2O2.C6H12O/c1-4-14(3)11-12-22-18-19-13-16(21-5-2)17(20-18)15-9-7-6-8-10-15;1-6-4-2-3-5-7-6/h6-10,13-14H,4-5,11-12H2,1-3H3;6H,2-5H2,1H3. The van der Waals surface area contributed by atoms with E-state index in [0.29, 0.717) is 37.0 Å². The van der Waals surface area contributed by atoms with E-state index in [1.165, 1.54) is 19.3 Å². The molecular formula is C24H36N2O3. The molecule has 0 saturated carbocycles. The van der Waals surface area contributed by atoms with Crippen LogP contribution in [0.2, 0.25) is 0 Å². The van der Waals surface area contributed by atoms with Crippen molar-refractivity contribution in [3.05, 3.63) is 36.5 Å². The van der Waals surface area contributed by atoms with E-state index in [2.05, 4.69) is 30.7 Å². The van der Waals surface area contributed by atoms with Crippen LogP contribution in [0.4, 0.5) is 0 Å². The van der Waals surface area contributed by atoms with Crippen molar-refractivity contribution in [1.82, 2.24) is 9.97 Å². The molecule has 2 atom stereocenters. The van der Waals surface area contributed by atoms with Crippen LogP contribution in [0.5, 0.6) is 11.8 Å². The number of benzene rings is 1. The molecule has 2 heterocycles. The highest BCUT2D eigenvalue weighted by Gasteiger charge is 2.11. The molecule has 1 aromatic carbocycles. The largest absolute Gasteiger partial charge is 0.490 e. The van der Waals surface area contributed by atoms with Crippen LogP contribution < -0.4 is 9.47 Å². The van der Waals surface area contributed by atoms with Gasteiger partial charge in [0.15, 0.2) is 5.75 Å². The van der Waals surface area contributed by atoms with Gasteiger partial charge in [-0.05, 0) is 45.4 Å². The molecule has 1 aromatic heterocycles. The molecule has 1 fully saturated rings. The molecule has 1 aliphatic rings. The second kappa shape index (κ2) is 13.2. The van der Waals surface area contributed by atoms with Crippen molar-refractivity contribution in [3.63, 3.8) is 0 Å². The molecular weight excluding hydrogens is 364 g/mol. The number of ether oxygens (including phenoxy) is 3. The molecule has 29 heavy (non-hydrogen) atoms. The summed E-state index contributed by atoms with van der Waals surface area (Å²) in [6.07, 6.45) is 8.29. The smallest absolute Gasteiger partial charge is 0.317 e. The van der Waals surface area contributed by atoms with Crippen LogP contribution in [-0.2, 0) is 4.74 Å². The minimum Gasteiger partial charge on any atom is -0.490 e. The number of aromatic nitrogens is 2. The summed E-state index contributed by atoms with van der Waals surface area (Å²) in [5, 5.41) is 0. The number of hydrogen-bond donors (Lipinski definition) is 0. The lowest BCUT2D eigenvalue weighted by Crippen LogP contribution is -2.14. The van der Waals surface area contributed by atoms with Gasteiger partial charge in [0.2, 0.25) is 0 Å². The minimum atomic E-state index is 0.408. The molecule has 0 N–H and O–H groups in total. The molecule has 0 spiro atoms. The average molecular weight is 401 g/mol. The zero-order valence-electron chi connectivity index (χ0n) is 18.4. The molecule has 2 unspecified atom stereocenters. The Labute approximate surface area is 175 Å². The van der Waals surface area contributed by atoms with Gasteiger partial charge < -0.3 is 14.2 Å². The molecule has 0 bridgehead atoms. The molecule has 160 valence electrons. The third kappa shape index (κ3) is 8.40. The van der Waals surface area contributed by atoms with Crippen LogP contribution >= 0.6 is 0 Å². The highest BCUT2D eigenvalue weighted by atomic mass is 16.5. The fraction of sp³-hybridized carbons (Fsp3) is 0.583. The fourth-order valence-corrected chi connectivity index (χ4v) is 2.95. The van der Waals surface area contributed by atoms with Gasteiger partial charge in [0.1, 0.15) is 5.69 Å². The third-order valence-electron chi connectivity index (χ3n) is 5.03. The lowest BCUT2D eigenvalue weighted by atomic mass is 10.1. The summed E-state index contributed by atoms with van der Waals surface area (Å²) in [5.41, 5.74) is 1.77. The molecule has 3 rings (SSSR count). The summed E-state index contributed by atoms with van der Waals surface area (Å²) < 4.78 is 16.6. The molecule has 5 heteroatoms. The minimum absolute atomic E-state index is 0.408. The summed E-state index contributed by atoms with van der Waals surface area (Å²) >= 11 is 0. The second-order valence-electron chi connectivity index (χ2n) is 7.49. The van der Waals surface area contributed by atoms with Crippen LogP contribution in [0.3, 0.4) is 0 Å². The normalized spacial score (nSPS) is 17.0. The van der Waals surface area contributed by atoms with Crippen LogP contribution in [-0.4, -0.2) is 35.9 Å². The first-order valence-electron chi connectivity index (χ1n) is 10.9. The van der Waals surface area contributed by atoms with E-state index in [4.69, 9.17) is 14.2 Å². The van der Waals surface area contributed by atoms with E-state index in [1.54, 1.807) is 6.20 Å². The van der Waals surface area contributed by atoms with Gasteiger partial charge in [-0.2, -0.15) is 9.97 Å². The Balaban J connectivity index is 0.000000360. The van der Waals surface area contributed by atoms with Crippen molar-refractivity contribution >= 4 is 0 Å². The molecule has 0 radical (unpaired) electrons. The summed E-state index contributed by atoms with van der Waals surface area (Å²) in [4.78, 5) is 8.77.